The van der Waals surface area contributed by atoms with Crippen molar-refractivity contribution in [2.75, 3.05) is 11.9 Å². The third-order valence-corrected chi connectivity index (χ3v) is 4.16. The van der Waals surface area contributed by atoms with E-state index in [1.807, 2.05) is 25.1 Å². The Hall–Kier alpha value is -1.17. The molecule has 4 nitrogen and oxygen atoms in total. The number of hydrogen-bond acceptors (Lipinski definition) is 4. The highest BCUT2D eigenvalue weighted by Crippen LogP contribution is 2.27. The molecule has 0 unspecified atom stereocenters. The predicted molar refractivity (Wildman–Crippen MR) is 92.4 cm³/mol. The van der Waals surface area contributed by atoms with Gasteiger partial charge >= 0.3 is 0 Å². The molecule has 0 saturated carbocycles. The molecule has 0 aliphatic carbocycles. The summed E-state index contributed by atoms with van der Waals surface area (Å²) in [6.07, 6.45) is 4.67. The molecule has 1 heterocycles. The van der Waals surface area contributed by atoms with Crippen LogP contribution in [0.2, 0.25) is 0 Å². The number of para-hydroxylation sites is 1. The standard InChI is InChI=1S/C15H21N3OS.ClH/c1-11-7-6-8-12-14(11)18-15(20-12)17-13(19)9-4-2-3-5-10-16;/h6-8H,2-5,9-10,16H2,1H3,(H,17,18,19);1H. The van der Waals surface area contributed by atoms with Crippen LogP contribution in [0.4, 0.5) is 5.13 Å². The van der Waals surface area contributed by atoms with E-state index in [9.17, 15) is 4.79 Å². The van der Waals surface area contributed by atoms with Gasteiger partial charge < -0.3 is 11.1 Å². The van der Waals surface area contributed by atoms with Crippen molar-refractivity contribution in [3.05, 3.63) is 23.8 Å². The molecule has 0 radical (unpaired) electrons. The van der Waals surface area contributed by atoms with Gasteiger partial charge in [-0.05, 0) is 37.9 Å². The zero-order valence-electron chi connectivity index (χ0n) is 12.2. The molecule has 0 spiro atoms. The SMILES string of the molecule is Cc1cccc2sc(NC(=O)CCCCCCN)nc12.Cl. The fourth-order valence-electron chi connectivity index (χ4n) is 2.10. The number of fused-ring (bicyclic) bond motifs is 1. The van der Waals surface area contributed by atoms with Gasteiger partial charge in [-0.15, -0.1) is 12.4 Å². The van der Waals surface area contributed by atoms with E-state index in [4.69, 9.17) is 5.73 Å². The van der Waals surface area contributed by atoms with Gasteiger partial charge in [-0.25, -0.2) is 4.98 Å². The second-order valence-corrected chi connectivity index (χ2v) is 5.97. The highest BCUT2D eigenvalue weighted by molar-refractivity contribution is 7.22. The van der Waals surface area contributed by atoms with E-state index < -0.39 is 0 Å². The topological polar surface area (TPSA) is 68.0 Å². The van der Waals surface area contributed by atoms with Crippen molar-refractivity contribution in [3.8, 4) is 0 Å². The number of nitrogens with one attached hydrogen (secondary N) is 1. The number of carbonyl (C=O) groups excluding carboxylic acids is 1. The molecule has 2 aromatic rings. The summed E-state index contributed by atoms with van der Waals surface area (Å²) in [5.41, 5.74) is 7.56. The highest BCUT2D eigenvalue weighted by atomic mass is 35.5. The minimum atomic E-state index is 0. The van der Waals surface area contributed by atoms with Gasteiger partial charge in [-0.3, -0.25) is 4.79 Å². The van der Waals surface area contributed by atoms with Crippen molar-refractivity contribution in [1.82, 2.24) is 4.98 Å². The summed E-state index contributed by atoms with van der Waals surface area (Å²) in [6.45, 7) is 2.77. The summed E-state index contributed by atoms with van der Waals surface area (Å²) in [7, 11) is 0. The van der Waals surface area contributed by atoms with Crippen molar-refractivity contribution in [1.29, 1.82) is 0 Å². The molecule has 21 heavy (non-hydrogen) atoms. The Morgan fingerprint density at radius 1 is 1.29 bits per heavy atom. The zero-order chi connectivity index (χ0) is 14.4. The molecular formula is C15H22ClN3OS. The van der Waals surface area contributed by atoms with Crippen LogP contribution < -0.4 is 11.1 Å². The average molecular weight is 328 g/mol. The van der Waals surface area contributed by atoms with Crippen LogP contribution >= 0.6 is 23.7 Å². The second-order valence-electron chi connectivity index (χ2n) is 4.94. The largest absolute Gasteiger partial charge is 0.330 e. The van der Waals surface area contributed by atoms with Gasteiger partial charge in [0.25, 0.3) is 0 Å². The van der Waals surface area contributed by atoms with Gasteiger partial charge in [0.15, 0.2) is 5.13 Å². The lowest BCUT2D eigenvalue weighted by molar-refractivity contribution is -0.116. The Balaban J connectivity index is 0.00000220. The Morgan fingerprint density at radius 2 is 2.05 bits per heavy atom. The lowest BCUT2D eigenvalue weighted by Crippen LogP contribution is -2.10. The Bertz CT molecular complexity index is 585. The van der Waals surface area contributed by atoms with Gasteiger partial charge in [0, 0.05) is 6.42 Å². The van der Waals surface area contributed by atoms with E-state index in [1.165, 1.54) is 11.3 Å². The Morgan fingerprint density at radius 3 is 2.76 bits per heavy atom. The lowest BCUT2D eigenvalue weighted by Gasteiger charge is -2.01. The van der Waals surface area contributed by atoms with Crippen molar-refractivity contribution >= 4 is 45.0 Å². The van der Waals surface area contributed by atoms with Crippen LogP contribution in [0.25, 0.3) is 10.2 Å². The number of thiazole rings is 1. The van der Waals surface area contributed by atoms with Crippen LogP contribution in [0.1, 0.15) is 37.7 Å². The Kier molecular flexibility index (Phi) is 7.64. The van der Waals surface area contributed by atoms with E-state index in [0.29, 0.717) is 11.6 Å². The number of unbranched alkanes of at least 4 members (excludes halogenated alkanes) is 3. The van der Waals surface area contributed by atoms with Crippen molar-refractivity contribution in [2.45, 2.75) is 39.0 Å². The number of aryl methyl sites for hydroxylation is 1. The molecular weight excluding hydrogens is 306 g/mol. The van der Waals surface area contributed by atoms with E-state index in [-0.39, 0.29) is 18.3 Å². The zero-order valence-corrected chi connectivity index (χ0v) is 13.9. The van der Waals surface area contributed by atoms with Crippen molar-refractivity contribution in [3.63, 3.8) is 0 Å². The van der Waals surface area contributed by atoms with Crippen molar-refractivity contribution in [2.24, 2.45) is 5.73 Å². The molecule has 3 N–H and O–H groups in total. The molecule has 1 aromatic carbocycles. The molecule has 0 atom stereocenters. The van der Waals surface area contributed by atoms with Crippen LogP contribution in [-0.4, -0.2) is 17.4 Å². The summed E-state index contributed by atoms with van der Waals surface area (Å²) < 4.78 is 1.11. The molecule has 0 fully saturated rings. The number of amides is 1. The van der Waals surface area contributed by atoms with E-state index in [2.05, 4.69) is 10.3 Å². The van der Waals surface area contributed by atoms with Crippen LogP contribution in [0.5, 0.6) is 0 Å². The summed E-state index contributed by atoms with van der Waals surface area (Å²) in [4.78, 5) is 16.3. The average Bonchev–Trinajstić information content (AvgIpc) is 2.82. The summed E-state index contributed by atoms with van der Waals surface area (Å²) in [6, 6.07) is 6.08. The molecule has 0 aliphatic rings. The first-order chi connectivity index (χ1) is 9.70. The maximum atomic E-state index is 11.8. The number of carbonyl (C=O) groups is 1. The van der Waals surface area contributed by atoms with Gasteiger partial charge in [-0.1, -0.05) is 36.3 Å². The third-order valence-electron chi connectivity index (χ3n) is 3.23. The van der Waals surface area contributed by atoms with Crippen LogP contribution in [0, 0.1) is 6.92 Å². The van der Waals surface area contributed by atoms with Crippen LogP contribution in [0.15, 0.2) is 18.2 Å². The minimum absolute atomic E-state index is 0. The fraction of sp³-hybridized carbons (Fsp3) is 0.467. The van der Waals surface area contributed by atoms with E-state index >= 15 is 0 Å². The number of hydrogen-bond donors (Lipinski definition) is 2. The first kappa shape index (κ1) is 17.9. The fourth-order valence-corrected chi connectivity index (χ4v) is 3.06. The number of nitrogens with two attached hydrogens (primary N) is 1. The van der Waals surface area contributed by atoms with Crippen LogP contribution in [-0.2, 0) is 4.79 Å². The predicted octanol–water partition coefficient (Wildman–Crippen LogP) is 3.87. The number of anilines is 1. The quantitative estimate of drug-likeness (QED) is 0.758. The van der Waals surface area contributed by atoms with Gasteiger partial charge in [0.1, 0.15) is 0 Å². The normalized spacial score (nSPS) is 10.4. The maximum absolute atomic E-state index is 11.8. The van der Waals surface area contributed by atoms with Gasteiger partial charge in [0.05, 0.1) is 10.2 Å². The summed E-state index contributed by atoms with van der Waals surface area (Å²) in [5.74, 6) is 0.0504. The first-order valence-corrected chi connectivity index (χ1v) is 7.88. The number of rotatable bonds is 7. The van der Waals surface area contributed by atoms with Crippen LogP contribution in [0.3, 0.4) is 0 Å². The lowest BCUT2D eigenvalue weighted by atomic mass is 10.1. The smallest absolute Gasteiger partial charge is 0.226 e. The number of halogens is 1. The number of nitrogens with zero attached hydrogens (tertiary/aromatic N) is 1. The Labute approximate surface area is 135 Å². The maximum Gasteiger partial charge on any atom is 0.226 e. The van der Waals surface area contributed by atoms with E-state index in [1.54, 1.807) is 0 Å². The third kappa shape index (κ3) is 5.26. The minimum Gasteiger partial charge on any atom is -0.330 e. The van der Waals surface area contributed by atoms with Crippen molar-refractivity contribution < 1.29 is 4.79 Å². The molecule has 6 heteroatoms. The van der Waals surface area contributed by atoms with E-state index in [0.717, 1.165) is 48.0 Å². The van der Waals surface area contributed by atoms with Gasteiger partial charge in [-0.2, -0.15) is 0 Å². The molecule has 0 aliphatic heterocycles. The number of benzene rings is 1. The summed E-state index contributed by atoms with van der Waals surface area (Å²) >= 11 is 1.53. The van der Waals surface area contributed by atoms with Gasteiger partial charge in [0.2, 0.25) is 5.91 Å². The molecule has 2 rings (SSSR count). The molecule has 116 valence electrons. The molecule has 1 aromatic heterocycles. The molecule has 0 bridgehead atoms. The molecule has 0 saturated heterocycles. The number of aromatic nitrogens is 1. The highest BCUT2D eigenvalue weighted by Gasteiger charge is 2.08. The monoisotopic (exact) mass is 327 g/mol. The first-order valence-electron chi connectivity index (χ1n) is 7.07. The molecule has 1 amide bonds. The second kappa shape index (κ2) is 8.97. The summed E-state index contributed by atoms with van der Waals surface area (Å²) in [5, 5.41) is 3.59.